The first-order valence-corrected chi connectivity index (χ1v) is 3.59. The Morgan fingerprint density at radius 3 is 3.00 bits per heavy atom. The first-order chi connectivity index (χ1) is 4.88. The number of hydrogen-bond acceptors (Lipinski definition) is 1. The van der Waals surface area contributed by atoms with Crippen LogP contribution in [0.15, 0.2) is 0 Å². The Kier molecular flexibility index (Phi) is 1.13. The normalized spacial score (nSPS) is 15.3. The van der Waals surface area contributed by atoms with Crippen LogP contribution in [0.25, 0.3) is 12.2 Å². The van der Waals surface area contributed by atoms with E-state index in [9.17, 15) is 0 Å². The van der Waals surface area contributed by atoms with Crippen molar-refractivity contribution in [1.82, 2.24) is 10.2 Å². The number of hydrogen-bond donors (Lipinski definition) is 1. The van der Waals surface area contributed by atoms with Gasteiger partial charge in [-0.05, 0) is 19.8 Å². The van der Waals surface area contributed by atoms with Crippen LogP contribution in [0.1, 0.15) is 18.5 Å². The van der Waals surface area contributed by atoms with E-state index in [4.69, 9.17) is 0 Å². The Morgan fingerprint density at radius 2 is 2.20 bits per heavy atom. The highest BCUT2D eigenvalue weighted by molar-refractivity contribution is 5.36. The topological polar surface area (TPSA) is 28.7 Å². The second-order valence-electron chi connectivity index (χ2n) is 2.62. The molecule has 1 heterocycles. The summed E-state index contributed by atoms with van der Waals surface area (Å²) in [5, 5.41) is 9.60. The Hall–Kier alpha value is -1.05. The molecule has 1 aliphatic carbocycles. The van der Waals surface area contributed by atoms with E-state index in [2.05, 4.69) is 22.3 Å². The molecular weight excluding hydrogens is 124 g/mol. The summed E-state index contributed by atoms with van der Waals surface area (Å²) < 4.78 is 0. The molecule has 2 heteroatoms. The summed E-state index contributed by atoms with van der Waals surface area (Å²) >= 11 is 0. The molecule has 0 spiro atoms. The zero-order valence-electron chi connectivity index (χ0n) is 6.02. The first kappa shape index (κ1) is 5.71. The minimum absolute atomic E-state index is 1.12. The van der Waals surface area contributed by atoms with Crippen LogP contribution in [0.3, 0.4) is 0 Å². The molecule has 1 aromatic heterocycles. The molecule has 1 aromatic rings. The zero-order chi connectivity index (χ0) is 6.97. The van der Waals surface area contributed by atoms with Crippen LogP contribution in [-0.2, 0) is 0 Å². The molecular formula is C8H10N2. The van der Waals surface area contributed by atoms with E-state index in [1.807, 2.05) is 6.92 Å². The second-order valence-corrected chi connectivity index (χ2v) is 2.62. The standard InChI is InChI=1S/C8H10N2/c1-6-7-4-2-3-5-8(7)10-9-6/h4-5,10H,2-3H2,1H3. The minimum Gasteiger partial charge on any atom is -0.278 e. The smallest absolute Gasteiger partial charge is 0.0666 e. The Balaban J connectivity index is 2.89. The number of rotatable bonds is 0. The predicted octanol–water partition coefficient (Wildman–Crippen LogP) is 0.0729. The van der Waals surface area contributed by atoms with Crippen molar-refractivity contribution in [2.75, 3.05) is 0 Å². The van der Waals surface area contributed by atoms with Gasteiger partial charge in [-0.1, -0.05) is 12.2 Å². The fraction of sp³-hybridized carbons (Fsp3) is 0.375. The maximum absolute atomic E-state index is 4.11. The van der Waals surface area contributed by atoms with Gasteiger partial charge in [0.1, 0.15) is 0 Å². The molecule has 1 aliphatic rings. The van der Waals surface area contributed by atoms with Gasteiger partial charge >= 0.3 is 0 Å². The summed E-state index contributed by atoms with van der Waals surface area (Å²) in [5.74, 6) is 0. The molecule has 0 unspecified atom stereocenters. The first-order valence-electron chi connectivity index (χ1n) is 3.59. The van der Waals surface area contributed by atoms with Crippen molar-refractivity contribution < 1.29 is 0 Å². The van der Waals surface area contributed by atoms with Crippen molar-refractivity contribution in [3.8, 4) is 0 Å². The Morgan fingerprint density at radius 1 is 1.40 bits per heavy atom. The van der Waals surface area contributed by atoms with Gasteiger partial charge < -0.3 is 0 Å². The predicted molar refractivity (Wildman–Crippen MR) is 40.7 cm³/mol. The van der Waals surface area contributed by atoms with Crippen LogP contribution < -0.4 is 10.6 Å². The second kappa shape index (κ2) is 1.97. The highest BCUT2D eigenvalue weighted by Crippen LogP contribution is 1.94. The summed E-state index contributed by atoms with van der Waals surface area (Å²) in [6.45, 7) is 2.03. The number of aryl methyl sites for hydroxylation is 1. The van der Waals surface area contributed by atoms with Crippen LogP contribution in [0.2, 0.25) is 0 Å². The summed E-state index contributed by atoms with van der Waals surface area (Å²) in [6.07, 6.45) is 6.76. The minimum atomic E-state index is 1.12. The maximum Gasteiger partial charge on any atom is 0.0666 e. The molecule has 0 fully saturated rings. The summed E-state index contributed by atoms with van der Waals surface area (Å²) in [5.41, 5.74) is 1.12. The van der Waals surface area contributed by atoms with Crippen LogP contribution >= 0.6 is 0 Å². The van der Waals surface area contributed by atoms with E-state index in [1.54, 1.807) is 0 Å². The van der Waals surface area contributed by atoms with E-state index in [-0.39, 0.29) is 0 Å². The quantitative estimate of drug-likeness (QED) is 0.534. The van der Waals surface area contributed by atoms with Crippen molar-refractivity contribution in [3.63, 3.8) is 0 Å². The highest BCUT2D eigenvalue weighted by atomic mass is 15.1. The third-order valence-electron chi connectivity index (χ3n) is 1.89. The summed E-state index contributed by atoms with van der Waals surface area (Å²) in [4.78, 5) is 0. The fourth-order valence-corrected chi connectivity index (χ4v) is 1.33. The number of nitrogens with zero attached hydrogens (tertiary/aromatic N) is 1. The Labute approximate surface area is 59.3 Å². The zero-order valence-corrected chi connectivity index (χ0v) is 6.02. The molecule has 2 nitrogen and oxygen atoms in total. The van der Waals surface area contributed by atoms with Gasteiger partial charge in [-0.3, -0.25) is 5.10 Å². The largest absolute Gasteiger partial charge is 0.278 e. The lowest BCUT2D eigenvalue weighted by atomic mass is 10.1. The number of aromatic amines is 1. The van der Waals surface area contributed by atoms with E-state index in [0.29, 0.717) is 0 Å². The number of nitrogens with one attached hydrogen (secondary N) is 1. The van der Waals surface area contributed by atoms with Crippen LogP contribution in [-0.4, -0.2) is 10.2 Å². The van der Waals surface area contributed by atoms with Gasteiger partial charge in [0.2, 0.25) is 0 Å². The fourth-order valence-electron chi connectivity index (χ4n) is 1.33. The molecule has 1 N–H and O–H groups in total. The van der Waals surface area contributed by atoms with Gasteiger partial charge in [0.15, 0.2) is 0 Å². The van der Waals surface area contributed by atoms with Gasteiger partial charge in [0, 0.05) is 5.22 Å². The van der Waals surface area contributed by atoms with E-state index < -0.39 is 0 Å². The third kappa shape index (κ3) is 0.685. The molecule has 0 aromatic carbocycles. The monoisotopic (exact) mass is 134 g/mol. The molecule has 0 atom stereocenters. The molecule has 2 rings (SSSR count). The lowest BCUT2D eigenvalue weighted by molar-refractivity contribution is 1.02. The molecule has 0 saturated heterocycles. The van der Waals surface area contributed by atoms with Crippen LogP contribution in [0.5, 0.6) is 0 Å². The van der Waals surface area contributed by atoms with E-state index in [1.165, 1.54) is 10.6 Å². The van der Waals surface area contributed by atoms with E-state index in [0.717, 1.165) is 18.5 Å². The molecule has 0 aliphatic heterocycles. The number of fused-ring (bicyclic) bond motifs is 1. The van der Waals surface area contributed by atoms with Gasteiger partial charge in [-0.2, -0.15) is 5.10 Å². The third-order valence-corrected chi connectivity index (χ3v) is 1.89. The average Bonchev–Trinajstić information content (AvgIpc) is 2.34. The highest BCUT2D eigenvalue weighted by Gasteiger charge is 1.97. The molecule has 0 radical (unpaired) electrons. The molecule has 0 saturated carbocycles. The summed E-state index contributed by atoms with van der Waals surface area (Å²) in [7, 11) is 0. The van der Waals surface area contributed by atoms with Crippen LogP contribution in [0, 0.1) is 6.92 Å². The van der Waals surface area contributed by atoms with Crippen molar-refractivity contribution in [2.45, 2.75) is 19.8 Å². The number of aromatic nitrogens is 2. The number of H-pyrrole nitrogens is 1. The van der Waals surface area contributed by atoms with E-state index >= 15 is 0 Å². The van der Waals surface area contributed by atoms with Crippen molar-refractivity contribution in [2.24, 2.45) is 0 Å². The van der Waals surface area contributed by atoms with Crippen molar-refractivity contribution >= 4 is 12.2 Å². The Bertz CT molecular complexity index is 346. The van der Waals surface area contributed by atoms with Crippen molar-refractivity contribution in [1.29, 1.82) is 0 Å². The molecule has 52 valence electrons. The lowest BCUT2D eigenvalue weighted by Crippen LogP contribution is -2.25. The van der Waals surface area contributed by atoms with Gasteiger partial charge in [-0.15, -0.1) is 0 Å². The lowest BCUT2D eigenvalue weighted by Gasteiger charge is -1.91. The summed E-state index contributed by atoms with van der Waals surface area (Å²) in [6, 6.07) is 0. The van der Waals surface area contributed by atoms with Gasteiger partial charge in [-0.25, -0.2) is 0 Å². The van der Waals surface area contributed by atoms with Gasteiger partial charge in [0.05, 0.1) is 11.0 Å². The molecule has 0 amide bonds. The van der Waals surface area contributed by atoms with Gasteiger partial charge in [0.25, 0.3) is 0 Å². The molecule has 0 bridgehead atoms. The van der Waals surface area contributed by atoms with Crippen molar-refractivity contribution in [3.05, 3.63) is 16.3 Å². The molecule has 10 heavy (non-hydrogen) atoms. The maximum atomic E-state index is 4.11. The average molecular weight is 134 g/mol. The SMILES string of the molecule is Cc1n[nH]c2c1=CCCC=2. The van der Waals surface area contributed by atoms with Crippen LogP contribution in [0.4, 0.5) is 0 Å².